The summed E-state index contributed by atoms with van der Waals surface area (Å²) in [6.07, 6.45) is -4.42. The van der Waals surface area contributed by atoms with E-state index in [2.05, 4.69) is 16.8 Å². The van der Waals surface area contributed by atoms with Crippen molar-refractivity contribution < 1.29 is 18.0 Å². The van der Waals surface area contributed by atoms with Crippen molar-refractivity contribution in [1.29, 1.82) is 0 Å². The van der Waals surface area contributed by atoms with Crippen molar-refractivity contribution in [3.8, 4) is 0 Å². The molecule has 2 N–H and O–H groups in total. The first kappa shape index (κ1) is 19.8. The Morgan fingerprint density at radius 2 is 2.00 bits per heavy atom. The maximum Gasteiger partial charge on any atom is 0.416 e. The number of anilines is 2. The second kappa shape index (κ2) is 7.57. The molecule has 1 saturated heterocycles. The molecule has 0 saturated carbocycles. The van der Waals surface area contributed by atoms with E-state index in [4.69, 9.17) is 5.73 Å². The molecule has 2 heterocycles. The Hall–Kier alpha value is -1.97. The minimum absolute atomic E-state index is 0.143. The van der Waals surface area contributed by atoms with E-state index in [0.29, 0.717) is 23.3 Å². The number of nitrogens with two attached hydrogens (primary N) is 1. The van der Waals surface area contributed by atoms with E-state index in [1.807, 2.05) is 5.38 Å². The van der Waals surface area contributed by atoms with E-state index in [1.54, 1.807) is 0 Å². The van der Waals surface area contributed by atoms with Crippen LogP contribution in [0.4, 0.5) is 24.0 Å². The van der Waals surface area contributed by atoms with Crippen LogP contribution >= 0.6 is 11.3 Å². The van der Waals surface area contributed by atoms with Gasteiger partial charge in [-0.3, -0.25) is 14.6 Å². The van der Waals surface area contributed by atoms with Gasteiger partial charge in [0.05, 0.1) is 16.9 Å². The summed E-state index contributed by atoms with van der Waals surface area (Å²) in [6, 6.07) is 4.64. The van der Waals surface area contributed by atoms with Crippen molar-refractivity contribution in [1.82, 2.24) is 9.88 Å². The van der Waals surface area contributed by atoms with Gasteiger partial charge in [-0.25, -0.2) is 4.98 Å². The number of hydrogen-bond donors (Lipinski definition) is 1. The molecule has 2 atom stereocenters. The van der Waals surface area contributed by atoms with Crippen molar-refractivity contribution in [2.45, 2.75) is 32.6 Å². The van der Waals surface area contributed by atoms with E-state index in [0.717, 1.165) is 30.9 Å². The molecule has 1 aliphatic rings. The Bertz CT molecular complexity index is 796. The van der Waals surface area contributed by atoms with Gasteiger partial charge in [-0.2, -0.15) is 13.2 Å². The average Bonchev–Trinajstić information content (AvgIpc) is 3.14. The van der Waals surface area contributed by atoms with Crippen molar-refractivity contribution in [2.75, 3.05) is 18.0 Å². The van der Waals surface area contributed by atoms with Crippen molar-refractivity contribution >= 4 is 28.1 Å². The first-order chi connectivity index (χ1) is 12.6. The normalized spacial score (nSPS) is 20.8. The molecule has 3 rings (SSSR count). The van der Waals surface area contributed by atoms with Gasteiger partial charge < -0.3 is 5.73 Å². The number of hydrogen-bond acceptors (Lipinski definition) is 5. The van der Waals surface area contributed by atoms with Crippen LogP contribution < -0.4 is 10.6 Å². The molecule has 1 fully saturated rings. The predicted octanol–water partition coefficient (Wildman–Crippen LogP) is 3.63. The zero-order chi connectivity index (χ0) is 19.8. The summed E-state index contributed by atoms with van der Waals surface area (Å²) < 4.78 is 38.2. The van der Waals surface area contributed by atoms with E-state index < -0.39 is 11.7 Å². The topological polar surface area (TPSA) is 62.5 Å². The largest absolute Gasteiger partial charge is 0.416 e. The van der Waals surface area contributed by atoms with Crippen LogP contribution in [0.25, 0.3) is 0 Å². The fourth-order valence-electron chi connectivity index (χ4n) is 3.15. The van der Waals surface area contributed by atoms with Crippen LogP contribution in [0.15, 0.2) is 29.6 Å². The molecule has 0 spiro atoms. The number of benzene rings is 1. The first-order valence-electron chi connectivity index (χ1n) is 8.55. The van der Waals surface area contributed by atoms with Crippen LogP contribution in [0, 0.1) is 5.92 Å². The Labute approximate surface area is 159 Å². The lowest BCUT2D eigenvalue weighted by atomic mass is 10.1. The van der Waals surface area contributed by atoms with Crippen LogP contribution in [-0.2, 0) is 17.5 Å². The zero-order valence-corrected chi connectivity index (χ0v) is 15.8. The highest BCUT2D eigenvalue weighted by Crippen LogP contribution is 2.33. The number of nitrogens with zero attached hydrogens (tertiary/aromatic N) is 3. The molecule has 1 aromatic carbocycles. The molecular weight excluding hydrogens is 377 g/mol. The fourth-order valence-corrected chi connectivity index (χ4v) is 4.03. The SMILES string of the molecule is CC(=O)N(c1ccc(C(F)(F)F)cc1)c1nc(CN2CC(C)C(N)C2)cs1. The zero-order valence-electron chi connectivity index (χ0n) is 15.0. The van der Waals surface area contributed by atoms with Gasteiger partial charge in [0.25, 0.3) is 0 Å². The van der Waals surface area contributed by atoms with Gasteiger partial charge in [-0.05, 0) is 30.2 Å². The Kier molecular flexibility index (Phi) is 5.55. The molecule has 0 aliphatic carbocycles. The maximum atomic E-state index is 12.7. The fraction of sp³-hybridized carbons (Fsp3) is 0.444. The number of likely N-dealkylation sites (tertiary alicyclic amines) is 1. The van der Waals surface area contributed by atoms with E-state index >= 15 is 0 Å². The van der Waals surface area contributed by atoms with Gasteiger partial charge in [-0.1, -0.05) is 6.92 Å². The highest BCUT2D eigenvalue weighted by Gasteiger charge is 2.31. The number of thiazole rings is 1. The summed E-state index contributed by atoms with van der Waals surface area (Å²) in [5, 5.41) is 2.30. The smallest absolute Gasteiger partial charge is 0.326 e. The minimum atomic E-state index is -4.42. The number of aromatic nitrogens is 1. The highest BCUT2D eigenvalue weighted by atomic mass is 32.1. The monoisotopic (exact) mass is 398 g/mol. The summed E-state index contributed by atoms with van der Waals surface area (Å²) in [7, 11) is 0. The van der Waals surface area contributed by atoms with Crippen molar-refractivity contribution in [2.24, 2.45) is 11.7 Å². The second-order valence-corrected chi connectivity index (χ2v) is 7.69. The number of amides is 1. The average molecular weight is 398 g/mol. The molecule has 1 aromatic heterocycles. The van der Waals surface area contributed by atoms with Gasteiger partial charge in [0.2, 0.25) is 5.91 Å². The number of carbonyl (C=O) groups excluding carboxylic acids is 1. The summed E-state index contributed by atoms with van der Waals surface area (Å²) in [5.74, 6) is 0.108. The lowest BCUT2D eigenvalue weighted by Crippen LogP contribution is -2.28. The molecule has 5 nitrogen and oxygen atoms in total. The third kappa shape index (κ3) is 4.48. The molecular formula is C18H21F3N4OS. The summed E-state index contributed by atoms with van der Waals surface area (Å²) in [6.45, 7) is 5.79. The van der Waals surface area contributed by atoms with Crippen molar-refractivity contribution in [3.05, 3.63) is 40.9 Å². The Morgan fingerprint density at radius 3 is 2.52 bits per heavy atom. The van der Waals surface area contributed by atoms with Crippen LogP contribution in [-0.4, -0.2) is 34.9 Å². The summed E-state index contributed by atoms with van der Waals surface area (Å²) in [4.78, 5) is 20.2. The van der Waals surface area contributed by atoms with Gasteiger partial charge in [0.15, 0.2) is 5.13 Å². The molecule has 0 bridgehead atoms. The molecule has 2 aromatic rings. The number of carbonyl (C=O) groups is 1. The Morgan fingerprint density at radius 1 is 1.33 bits per heavy atom. The van der Waals surface area contributed by atoms with Gasteiger partial charge >= 0.3 is 6.18 Å². The van der Waals surface area contributed by atoms with Crippen molar-refractivity contribution in [3.63, 3.8) is 0 Å². The Balaban J connectivity index is 1.78. The van der Waals surface area contributed by atoms with Gasteiger partial charge in [0, 0.05) is 38.0 Å². The van der Waals surface area contributed by atoms with E-state index in [-0.39, 0.29) is 11.9 Å². The summed E-state index contributed by atoms with van der Waals surface area (Å²) in [5.41, 5.74) is 6.46. The standard InChI is InChI=1S/C18H21F3N4OS/c1-11-7-24(9-16(11)22)8-14-10-27-17(23-14)25(12(2)26)15-5-3-13(4-6-15)18(19,20)21/h3-6,10-11,16H,7-9,22H2,1-2H3. The van der Waals surface area contributed by atoms with E-state index in [9.17, 15) is 18.0 Å². The van der Waals surface area contributed by atoms with Crippen LogP contribution in [0.2, 0.25) is 0 Å². The van der Waals surface area contributed by atoms with Crippen LogP contribution in [0.1, 0.15) is 25.1 Å². The second-order valence-electron chi connectivity index (χ2n) is 6.86. The number of alkyl halides is 3. The van der Waals surface area contributed by atoms with E-state index in [1.165, 1.54) is 35.3 Å². The van der Waals surface area contributed by atoms with Crippen LogP contribution in [0.5, 0.6) is 0 Å². The molecule has 27 heavy (non-hydrogen) atoms. The quantitative estimate of drug-likeness (QED) is 0.854. The molecule has 1 amide bonds. The predicted molar refractivity (Wildman–Crippen MR) is 98.8 cm³/mol. The summed E-state index contributed by atoms with van der Waals surface area (Å²) >= 11 is 1.29. The third-order valence-electron chi connectivity index (χ3n) is 4.63. The highest BCUT2D eigenvalue weighted by molar-refractivity contribution is 7.14. The molecule has 146 valence electrons. The van der Waals surface area contributed by atoms with Gasteiger partial charge in [-0.15, -0.1) is 11.3 Å². The lowest BCUT2D eigenvalue weighted by Gasteiger charge is -2.19. The van der Waals surface area contributed by atoms with Gasteiger partial charge in [0.1, 0.15) is 0 Å². The number of rotatable bonds is 4. The minimum Gasteiger partial charge on any atom is -0.326 e. The van der Waals surface area contributed by atoms with Crippen LogP contribution in [0.3, 0.4) is 0 Å². The third-order valence-corrected chi connectivity index (χ3v) is 5.50. The molecule has 1 aliphatic heterocycles. The first-order valence-corrected chi connectivity index (χ1v) is 9.43. The molecule has 0 radical (unpaired) electrons. The number of halogens is 3. The maximum absolute atomic E-state index is 12.7. The molecule has 9 heteroatoms. The lowest BCUT2D eigenvalue weighted by molar-refractivity contribution is -0.137. The molecule has 2 unspecified atom stereocenters.